The Hall–Kier alpha value is -1.87. The standard InChI is InChI=1S/C17H18FNO/c18-15-11-13(8-9-17(15)20)12-19-10-4-7-16(19)14-5-2-1-3-6-14/h1-3,5-6,8-9,11,16,20H,4,7,10,12H2. The van der Waals surface area contributed by atoms with Gasteiger partial charge in [0.25, 0.3) is 0 Å². The zero-order valence-electron chi connectivity index (χ0n) is 11.3. The van der Waals surface area contributed by atoms with Crippen molar-refractivity contribution in [2.24, 2.45) is 0 Å². The molecule has 0 spiro atoms. The Balaban J connectivity index is 1.77. The summed E-state index contributed by atoms with van der Waals surface area (Å²) in [5.74, 6) is -0.826. The van der Waals surface area contributed by atoms with Crippen molar-refractivity contribution in [1.29, 1.82) is 0 Å². The third kappa shape index (κ3) is 2.68. The van der Waals surface area contributed by atoms with Gasteiger partial charge in [0.15, 0.2) is 11.6 Å². The van der Waals surface area contributed by atoms with Crippen LogP contribution in [0.3, 0.4) is 0 Å². The van der Waals surface area contributed by atoms with Crippen LogP contribution in [-0.4, -0.2) is 16.6 Å². The molecule has 1 fully saturated rings. The van der Waals surface area contributed by atoms with Crippen molar-refractivity contribution < 1.29 is 9.50 Å². The Kier molecular flexibility index (Phi) is 3.70. The van der Waals surface area contributed by atoms with Gasteiger partial charge in [-0.1, -0.05) is 36.4 Å². The van der Waals surface area contributed by atoms with Crippen molar-refractivity contribution in [1.82, 2.24) is 4.90 Å². The predicted octanol–water partition coefficient (Wildman–Crippen LogP) is 3.87. The summed E-state index contributed by atoms with van der Waals surface area (Å²) in [5, 5.41) is 9.25. The van der Waals surface area contributed by atoms with Gasteiger partial charge in [0.05, 0.1) is 0 Å². The number of rotatable bonds is 3. The summed E-state index contributed by atoms with van der Waals surface area (Å²) >= 11 is 0. The summed E-state index contributed by atoms with van der Waals surface area (Å²) < 4.78 is 13.4. The highest BCUT2D eigenvalue weighted by Gasteiger charge is 2.25. The van der Waals surface area contributed by atoms with E-state index in [-0.39, 0.29) is 5.75 Å². The quantitative estimate of drug-likeness (QED) is 0.916. The fourth-order valence-corrected chi connectivity index (χ4v) is 2.95. The molecule has 0 aromatic heterocycles. The highest BCUT2D eigenvalue weighted by atomic mass is 19.1. The van der Waals surface area contributed by atoms with Crippen LogP contribution in [0.25, 0.3) is 0 Å². The van der Waals surface area contributed by atoms with Crippen molar-refractivity contribution in [3.63, 3.8) is 0 Å². The largest absolute Gasteiger partial charge is 0.505 e. The smallest absolute Gasteiger partial charge is 0.165 e. The molecule has 2 aromatic rings. The molecule has 2 aromatic carbocycles. The minimum Gasteiger partial charge on any atom is -0.505 e. The van der Waals surface area contributed by atoms with Crippen LogP contribution in [0.1, 0.15) is 30.0 Å². The Morgan fingerprint density at radius 1 is 1.15 bits per heavy atom. The lowest BCUT2D eigenvalue weighted by molar-refractivity contribution is 0.248. The number of likely N-dealkylation sites (tertiary alicyclic amines) is 1. The summed E-state index contributed by atoms with van der Waals surface area (Å²) in [6.45, 7) is 1.75. The predicted molar refractivity (Wildman–Crippen MR) is 76.9 cm³/mol. The molecule has 20 heavy (non-hydrogen) atoms. The van der Waals surface area contributed by atoms with Gasteiger partial charge < -0.3 is 5.11 Å². The van der Waals surface area contributed by atoms with Gasteiger partial charge in [-0.15, -0.1) is 0 Å². The highest BCUT2D eigenvalue weighted by Crippen LogP contribution is 2.33. The van der Waals surface area contributed by atoms with Crippen molar-refractivity contribution in [3.8, 4) is 5.75 Å². The van der Waals surface area contributed by atoms with Gasteiger partial charge in [-0.3, -0.25) is 4.90 Å². The number of hydrogen-bond acceptors (Lipinski definition) is 2. The number of hydrogen-bond donors (Lipinski definition) is 1. The monoisotopic (exact) mass is 271 g/mol. The molecule has 1 aliphatic rings. The Bertz CT molecular complexity index is 585. The minimum absolute atomic E-state index is 0.283. The van der Waals surface area contributed by atoms with E-state index in [1.54, 1.807) is 6.07 Å². The number of halogens is 1. The van der Waals surface area contributed by atoms with Crippen molar-refractivity contribution >= 4 is 0 Å². The molecule has 1 N–H and O–H groups in total. The first-order valence-corrected chi connectivity index (χ1v) is 7.00. The summed E-state index contributed by atoms with van der Waals surface area (Å²) in [4.78, 5) is 2.38. The molecule has 2 nitrogen and oxygen atoms in total. The van der Waals surface area contributed by atoms with Crippen LogP contribution in [0.5, 0.6) is 5.75 Å². The van der Waals surface area contributed by atoms with E-state index in [1.807, 2.05) is 6.07 Å². The van der Waals surface area contributed by atoms with Crippen LogP contribution < -0.4 is 0 Å². The Morgan fingerprint density at radius 2 is 1.95 bits per heavy atom. The normalized spacial score (nSPS) is 19.4. The second-order valence-electron chi connectivity index (χ2n) is 5.32. The molecule has 3 rings (SSSR count). The van der Waals surface area contributed by atoms with E-state index in [1.165, 1.54) is 24.1 Å². The van der Waals surface area contributed by atoms with Crippen LogP contribution in [0, 0.1) is 5.82 Å². The van der Waals surface area contributed by atoms with E-state index in [0.717, 1.165) is 25.1 Å². The number of benzene rings is 2. The fraction of sp³-hybridized carbons (Fsp3) is 0.294. The molecule has 104 valence electrons. The summed E-state index contributed by atoms with van der Waals surface area (Å²) in [7, 11) is 0. The number of phenols is 1. The van der Waals surface area contributed by atoms with Crippen LogP contribution in [0.15, 0.2) is 48.5 Å². The molecule has 3 heteroatoms. The van der Waals surface area contributed by atoms with Gasteiger partial charge in [0, 0.05) is 12.6 Å². The van der Waals surface area contributed by atoms with Gasteiger partial charge in [0.2, 0.25) is 0 Å². The summed E-state index contributed by atoms with van der Waals surface area (Å²) in [6.07, 6.45) is 2.31. The van der Waals surface area contributed by atoms with E-state index in [9.17, 15) is 9.50 Å². The maximum atomic E-state index is 13.4. The van der Waals surface area contributed by atoms with Gasteiger partial charge in [0.1, 0.15) is 0 Å². The van der Waals surface area contributed by atoms with E-state index in [4.69, 9.17) is 0 Å². The maximum Gasteiger partial charge on any atom is 0.165 e. The lowest BCUT2D eigenvalue weighted by Crippen LogP contribution is -2.22. The molecule has 0 radical (unpaired) electrons. The average Bonchev–Trinajstić information content (AvgIpc) is 2.92. The SMILES string of the molecule is Oc1ccc(CN2CCCC2c2ccccc2)cc1F. The third-order valence-electron chi connectivity index (χ3n) is 3.95. The fourth-order valence-electron chi connectivity index (χ4n) is 2.95. The Morgan fingerprint density at radius 3 is 2.70 bits per heavy atom. The zero-order valence-corrected chi connectivity index (χ0v) is 11.3. The van der Waals surface area contributed by atoms with E-state index in [0.29, 0.717) is 6.04 Å². The first-order chi connectivity index (χ1) is 9.74. The molecular weight excluding hydrogens is 253 g/mol. The second kappa shape index (κ2) is 5.63. The molecule has 0 saturated carbocycles. The third-order valence-corrected chi connectivity index (χ3v) is 3.95. The van der Waals surface area contributed by atoms with E-state index in [2.05, 4.69) is 29.2 Å². The van der Waals surface area contributed by atoms with Gasteiger partial charge in [-0.25, -0.2) is 4.39 Å². The molecule has 1 aliphatic heterocycles. The first-order valence-electron chi connectivity index (χ1n) is 7.00. The van der Waals surface area contributed by atoms with E-state index >= 15 is 0 Å². The number of aromatic hydroxyl groups is 1. The van der Waals surface area contributed by atoms with Crippen molar-refractivity contribution in [3.05, 3.63) is 65.5 Å². The van der Waals surface area contributed by atoms with Gasteiger partial charge in [-0.2, -0.15) is 0 Å². The van der Waals surface area contributed by atoms with Crippen molar-refractivity contribution in [2.45, 2.75) is 25.4 Å². The zero-order chi connectivity index (χ0) is 13.9. The lowest BCUT2D eigenvalue weighted by atomic mass is 10.0. The van der Waals surface area contributed by atoms with Gasteiger partial charge in [-0.05, 0) is 42.6 Å². The summed E-state index contributed by atoms with van der Waals surface area (Å²) in [6, 6.07) is 15.5. The minimum atomic E-state index is -0.544. The van der Waals surface area contributed by atoms with Gasteiger partial charge >= 0.3 is 0 Å². The molecule has 0 bridgehead atoms. The van der Waals surface area contributed by atoms with Crippen molar-refractivity contribution in [2.75, 3.05) is 6.54 Å². The van der Waals surface area contributed by atoms with Crippen LogP contribution in [-0.2, 0) is 6.54 Å². The summed E-state index contributed by atoms with van der Waals surface area (Å²) in [5.41, 5.74) is 2.23. The molecular formula is C17H18FNO. The molecule has 1 atom stereocenters. The molecule has 1 saturated heterocycles. The second-order valence-corrected chi connectivity index (χ2v) is 5.32. The Labute approximate surface area is 118 Å². The maximum absolute atomic E-state index is 13.4. The first kappa shape index (κ1) is 13.1. The van der Waals surface area contributed by atoms with Crippen LogP contribution in [0.4, 0.5) is 4.39 Å². The molecule has 1 unspecified atom stereocenters. The molecule has 0 amide bonds. The van der Waals surface area contributed by atoms with Crippen LogP contribution in [0.2, 0.25) is 0 Å². The molecule has 1 heterocycles. The van der Waals surface area contributed by atoms with Crippen LogP contribution >= 0.6 is 0 Å². The molecule has 0 aliphatic carbocycles. The highest BCUT2D eigenvalue weighted by molar-refractivity contribution is 5.28. The number of nitrogens with zero attached hydrogens (tertiary/aromatic N) is 1. The topological polar surface area (TPSA) is 23.5 Å². The van der Waals surface area contributed by atoms with E-state index < -0.39 is 5.82 Å². The lowest BCUT2D eigenvalue weighted by Gasteiger charge is -2.25. The number of phenolic OH excluding ortho intramolecular Hbond substituents is 1. The average molecular weight is 271 g/mol.